The van der Waals surface area contributed by atoms with E-state index in [-0.39, 0.29) is 0 Å². The highest BCUT2D eigenvalue weighted by molar-refractivity contribution is 7.08. The summed E-state index contributed by atoms with van der Waals surface area (Å²) in [5.74, 6) is 0. The molecule has 0 aliphatic carbocycles. The van der Waals surface area contributed by atoms with E-state index < -0.39 is 0 Å². The second-order valence-electron chi connectivity index (χ2n) is 5.46. The Morgan fingerprint density at radius 2 is 2.05 bits per heavy atom. The minimum atomic E-state index is 0.405. The molecule has 3 heteroatoms. The zero-order chi connectivity index (χ0) is 13.8. The van der Waals surface area contributed by atoms with Crippen LogP contribution < -0.4 is 5.32 Å². The fourth-order valence-corrected chi connectivity index (χ4v) is 3.71. The molecule has 2 nitrogen and oxygen atoms in total. The Balaban J connectivity index is 1.98. The van der Waals surface area contributed by atoms with Gasteiger partial charge >= 0.3 is 0 Å². The van der Waals surface area contributed by atoms with Gasteiger partial charge in [0.25, 0.3) is 0 Å². The lowest BCUT2D eigenvalue weighted by molar-refractivity contribution is 0.241. The van der Waals surface area contributed by atoms with Gasteiger partial charge in [0.05, 0.1) is 6.04 Å². The van der Waals surface area contributed by atoms with Gasteiger partial charge in [0, 0.05) is 19.6 Å². The lowest BCUT2D eigenvalue weighted by Crippen LogP contribution is -2.33. The van der Waals surface area contributed by atoms with Crippen LogP contribution in [0.2, 0.25) is 0 Å². The zero-order valence-corrected chi connectivity index (χ0v) is 12.8. The van der Waals surface area contributed by atoms with Crippen LogP contribution in [0.5, 0.6) is 0 Å². The largest absolute Gasteiger partial charge is 0.315 e. The summed E-state index contributed by atoms with van der Waals surface area (Å²) in [6.45, 7) is 6.74. The van der Waals surface area contributed by atoms with E-state index in [1.165, 1.54) is 29.7 Å². The van der Waals surface area contributed by atoms with Crippen LogP contribution in [0, 0.1) is 6.92 Å². The molecule has 1 atom stereocenters. The van der Waals surface area contributed by atoms with Crippen LogP contribution in [0.1, 0.15) is 29.2 Å². The molecule has 0 radical (unpaired) electrons. The van der Waals surface area contributed by atoms with Crippen LogP contribution in [-0.2, 0) is 0 Å². The summed E-state index contributed by atoms with van der Waals surface area (Å²) >= 11 is 1.80. The Morgan fingerprint density at radius 3 is 2.85 bits per heavy atom. The summed E-state index contributed by atoms with van der Waals surface area (Å²) in [5, 5.41) is 8.00. The summed E-state index contributed by atoms with van der Waals surface area (Å²) in [6.07, 6.45) is 1.23. The molecular weight excluding hydrogens is 264 g/mol. The first-order chi connectivity index (χ1) is 9.86. The Kier molecular flexibility index (Phi) is 4.51. The van der Waals surface area contributed by atoms with Gasteiger partial charge in [-0.1, -0.05) is 24.3 Å². The third kappa shape index (κ3) is 2.95. The molecule has 0 bridgehead atoms. The number of rotatable bonds is 3. The lowest BCUT2D eigenvalue weighted by Gasteiger charge is -2.31. The van der Waals surface area contributed by atoms with Crippen molar-refractivity contribution in [3.8, 4) is 0 Å². The predicted molar refractivity (Wildman–Crippen MR) is 86.4 cm³/mol. The van der Waals surface area contributed by atoms with Gasteiger partial charge in [0.15, 0.2) is 0 Å². The van der Waals surface area contributed by atoms with E-state index >= 15 is 0 Å². The van der Waals surface area contributed by atoms with Crippen molar-refractivity contribution in [1.82, 2.24) is 10.2 Å². The van der Waals surface area contributed by atoms with E-state index in [1.54, 1.807) is 11.3 Å². The van der Waals surface area contributed by atoms with Crippen molar-refractivity contribution >= 4 is 11.3 Å². The molecule has 1 fully saturated rings. The van der Waals surface area contributed by atoms with Crippen molar-refractivity contribution in [2.75, 3.05) is 26.2 Å². The highest BCUT2D eigenvalue weighted by atomic mass is 32.1. The first-order valence-corrected chi connectivity index (χ1v) is 8.33. The molecule has 1 saturated heterocycles. The van der Waals surface area contributed by atoms with Crippen molar-refractivity contribution in [2.24, 2.45) is 0 Å². The predicted octanol–water partition coefficient (Wildman–Crippen LogP) is 3.44. The molecule has 106 valence electrons. The van der Waals surface area contributed by atoms with Crippen LogP contribution >= 0.6 is 11.3 Å². The molecule has 3 rings (SSSR count). The molecule has 1 aromatic carbocycles. The van der Waals surface area contributed by atoms with Crippen LogP contribution in [0.25, 0.3) is 0 Å². The van der Waals surface area contributed by atoms with Gasteiger partial charge < -0.3 is 5.32 Å². The second kappa shape index (κ2) is 6.53. The maximum absolute atomic E-state index is 3.50. The molecule has 1 N–H and O–H groups in total. The number of benzene rings is 1. The number of hydrogen-bond donors (Lipinski definition) is 1. The van der Waals surface area contributed by atoms with Gasteiger partial charge in [0.1, 0.15) is 0 Å². The Hall–Kier alpha value is -1.16. The molecule has 20 heavy (non-hydrogen) atoms. The van der Waals surface area contributed by atoms with Crippen LogP contribution in [-0.4, -0.2) is 31.1 Å². The number of thiophene rings is 1. The average Bonchev–Trinajstić information content (AvgIpc) is 2.85. The van der Waals surface area contributed by atoms with Gasteiger partial charge in [-0.3, -0.25) is 4.90 Å². The Labute approximate surface area is 125 Å². The molecule has 1 aliphatic heterocycles. The van der Waals surface area contributed by atoms with E-state index in [2.05, 4.69) is 58.2 Å². The molecule has 0 saturated carbocycles. The summed E-state index contributed by atoms with van der Waals surface area (Å²) in [7, 11) is 0. The van der Waals surface area contributed by atoms with Crippen LogP contribution in [0.15, 0.2) is 41.1 Å². The number of nitrogens with zero attached hydrogens (tertiary/aromatic N) is 1. The molecule has 1 aliphatic rings. The second-order valence-corrected chi connectivity index (χ2v) is 6.24. The van der Waals surface area contributed by atoms with Crippen molar-refractivity contribution in [2.45, 2.75) is 19.4 Å². The van der Waals surface area contributed by atoms with Gasteiger partial charge in [-0.2, -0.15) is 11.3 Å². The van der Waals surface area contributed by atoms with E-state index in [9.17, 15) is 0 Å². The smallest absolute Gasteiger partial charge is 0.0613 e. The summed E-state index contributed by atoms with van der Waals surface area (Å²) < 4.78 is 0. The van der Waals surface area contributed by atoms with E-state index in [4.69, 9.17) is 0 Å². The van der Waals surface area contributed by atoms with Crippen molar-refractivity contribution in [3.05, 3.63) is 57.8 Å². The monoisotopic (exact) mass is 286 g/mol. The van der Waals surface area contributed by atoms with Gasteiger partial charge in [-0.25, -0.2) is 0 Å². The topological polar surface area (TPSA) is 15.3 Å². The Morgan fingerprint density at radius 1 is 1.15 bits per heavy atom. The van der Waals surface area contributed by atoms with Crippen molar-refractivity contribution in [3.63, 3.8) is 0 Å². The van der Waals surface area contributed by atoms with E-state index in [0.717, 1.165) is 19.6 Å². The average molecular weight is 286 g/mol. The normalized spacial score (nSPS) is 18.6. The fraction of sp³-hybridized carbons (Fsp3) is 0.412. The van der Waals surface area contributed by atoms with Crippen LogP contribution in [0.4, 0.5) is 0 Å². The van der Waals surface area contributed by atoms with E-state index in [0.29, 0.717) is 6.04 Å². The first-order valence-electron chi connectivity index (χ1n) is 7.38. The van der Waals surface area contributed by atoms with E-state index in [1.807, 2.05) is 0 Å². The maximum Gasteiger partial charge on any atom is 0.0613 e. The molecular formula is C17H22N2S. The number of aryl methyl sites for hydroxylation is 1. The fourth-order valence-electron chi connectivity index (χ4n) is 3.04. The third-order valence-electron chi connectivity index (χ3n) is 4.08. The molecule has 0 amide bonds. The van der Waals surface area contributed by atoms with Gasteiger partial charge in [0.2, 0.25) is 0 Å². The molecule has 2 aromatic rings. The molecule has 1 aromatic heterocycles. The molecule has 2 heterocycles. The minimum Gasteiger partial charge on any atom is -0.315 e. The summed E-state index contributed by atoms with van der Waals surface area (Å²) in [4.78, 5) is 2.63. The first kappa shape index (κ1) is 13.8. The minimum absolute atomic E-state index is 0.405. The van der Waals surface area contributed by atoms with Crippen LogP contribution in [0.3, 0.4) is 0 Å². The maximum atomic E-state index is 3.50. The highest BCUT2D eigenvalue weighted by Crippen LogP contribution is 2.32. The Bertz CT molecular complexity index is 528. The van der Waals surface area contributed by atoms with Gasteiger partial charge in [-0.05, 0) is 53.4 Å². The lowest BCUT2D eigenvalue weighted by atomic mass is 9.95. The number of hydrogen-bond acceptors (Lipinski definition) is 3. The van der Waals surface area contributed by atoms with Gasteiger partial charge in [-0.15, -0.1) is 0 Å². The molecule has 0 spiro atoms. The molecule has 1 unspecified atom stereocenters. The van der Waals surface area contributed by atoms with Crippen molar-refractivity contribution in [1.29, 1.82) is 0 Å². The SMILES string of the molecule is Cc1ccccc1C(c1ccsc1)N1CCCNCC1. The summed E-state index contributed by atoms with van der Waals surface area (Å²) in [5.41, 5.74) is 4.28. The number of nitrogens with one attached hydrogen (secondary N) is 1. The summed E-state index contributed by atoms with van der Waals surface area (Å²) in [6, 6.07) is 11.5. The quantitative estimate of drug-likeness (QED) is 0.930. The third-order valence-corrected chi connectivity index (χ3v) is 4.78. The standard InChI is InChI=1S/C17H22N2S/c1-14-5-2-3-6-16(14)17(15-7-12-20-13-15)19-10-4-8-18-9-11-19/h2-3,5-7,12-13,17-18H,4,8-11H2,1H3. The zero-order valence-electron chi connectivity index (χ0n) is 12.0. The van der Waals surface area contributed by atoms with Crippen molar-refractivity contribution < 1.29 is 0 Å². The highest BCUT2D eigenvalue weighted by Gasteiger charge is 2.24.